The van der Waals surface area contributed by atoms with Gasteiger partial charge in [-0.1, -0.05) is 26.0 Å². The molecule has 0 aliphatic carbocycles. The van der Waals surface area contributed by atoms with Crippen molar-refractivity contribution in [2.75, 3.05) is 6.54 Å². The van der Waals surface area contributed by atoms with Gasteiger partial charge in [0.15, 0.2) is 11.7 Å². The fourth-order valence-corrected chi connectivity index (χ4v) is 2.37. The van der Waals surface area contributed by atoms with Crippen LogP contribution in [-0.2, 0) is 6.42 Å². The molecule has 4 heteroatoms. The molecule has 0 unspecified atom stereocenters. The molecule has 0 fully saturated rings. The first kappa shape index (κ1) is 14.5. The number of oxazole rings is 1. The molecule has 0 amide bonds. The first-order valence-corrected chi connectivity index (χ1v) is 7.67. The maximum atomic E-state index is 5.79. The van der Waals surface area contributed by atoms with Crippen molar-refractivity contribution in [2.24, 2.45) is 0 Å². The summed E-state index contributed by atoms with van der Waals surface area (Å²) in [4.78, 5) is 4.34. The zero-order chi connectivity index (χ0) is 13.7. The fraction of sp³-hybridized carbons (Fsp3) is 0.400. The summed E-state index contributed by atoms with van der Waals surface area (Å²) in [5, 5.41) is 3.39. The molecule has 102 valence electrons. The zero-order valence-corrected chi connectivity index (χ0v) is 13.5. The van der Waals surface area contributed by atoms with Gasteiger partial charge in [-0.15, -0.1) is 0 Å². The van der Waals surface area contributed by atoms with Gasteiger partial charge in [-0.2, -0.15) is 0 Å². The van der Waals surface area contributed by atoms with E-state index in [1.165, 1.54) is 3.57 Å². The lowest BCUT2D eigenvalue weighted by molar-refractivity contribution is 0.484. The minimum atomic E-state index is 0.534. The summed E-state index contributed by atoms with van der Waals surface area (Å²) in [5.41, 5.74) is 1.09. The molecule has 0 saturated carbocycles. The number of aryl methyl sites for hydroxylation is 1. The molecule has 2 aromatic rings. The lowest BCUT2D eigenvalue weighted by Crippen LogP contribution is -2.23. The minimum absolute atomic E-state index is 0.534. The van der Waals surface area contributed by atoms with Gasteiger partial charge in [0.2, 0.25) is 0 Å². The Morgan fingerprint density at radius 3 is 2.95 bits per heavy atom. The molecule has 0 saturated heterocycles. The summed E-state index contributed by atoms with van der Waals surface area (Å²) < 4.78 is 6.99. The maximum absolute atomic E-state index is 5.79. The van der Waals surface area contributed by atoms with Crippen molar-refractivity contribution in [3.05, 3.63) is 39.9 Å². The molecule has 0 spiro atoms. The van der Waals surface area contributed by atoms with Crippen molar-refractivity contribution in [1.82, 2.24) is 10.3 Å². The number of rotatable bonds is 6. The Kier molecular flexibility index (Phi) is 5.39. The number of aromatic nitrogens is 1. The predicted octanol–water partition coefficient (Wildman–Crippen LogP) is 3.88. The van der Waals surface area contributed by atoms with Gasteiger partial charge in [-0.05, 0) is 47.7 Å². The van der Waals surface area contributed by atoms with Gasteiger partial charge in [-0.3, -0.25) is 0 Å². The lowest BCUT2D eigenvalue weighted by atomic mass is 10.2. The number of hydrogen-bond donors (Lipinski definition) is 1. The van der Waals surface area contributed by atoms with Crippen LogP contribution in [0, 0.1) is 3.57 Å². The largest absolute Gasteiger partial charge is 0.441 e. The summed E-state index contributed by atoms with van der Waals surface area (Å²) in [7, 11) is 0. The normalized spacial score (nSPS) is 11.2. The molecule has 0 radical (unpaired) electrons. The summed E-state index contributed by atoms with van der Waals surface area (Å²) in [6.07, 6.45) is 3.74. The smallest absolute Gasteiger partial charge is 0.194 e. The van der Waals surface area contributed by atoms with Gasteiger partial charge in [0.1, 0.15) is 0 Å². The maximum Gasteiger partial charge on any atom is 0.194 e. The van der Waals surface area contributed by atoms with Crippen LogP contribution in [0.15, 0.2) is 34.9 Å². The first-order valence-electron chi connectivity index (χ1n) is 6.59. The molecule has 0 bridgehead atoms. The van der Waals surface area contributed by atoms with E-state index in [2.05, 4.69) is 58.9 Å². The van der Waals surface area contributed by atoms with Crippen LogP contribution in [0.1, 0.15) is 26.2 Å². The van der Waals surface area contributed by atoms with Crippen molar-refractivity contribution in [3.63, 3.8) is 0 Å². The van der Waals surface area contributed by atoms with Gasteiger partial charge in [-0.25, -0.2) is 4.98 Å². The Labute approximate surface area is 128 Å². The Morgan fingerprint density at radius 1 is 1.37 bits per heavy atom. The number of nitrogens with zero attached hydrogens (tertiary/aromatic N) is 1. The van der Waals surface area contributed by atoms with Crippen LogP contribution in [0.25, 0.3) is 11.3 Å². The van der Waals surface area contributed by atoms with Crippen LogP contribution in [0.2, 0.25) is 0 Å². The third kappa shape index (κ3) is 4.62. The van der Waals surface area contributed by atoms with Crippen molar-refractivity contribution >= 4 is 22.6 Å². The van der Waals surface area contributed by atoms with Crippen molar-refractivity contribution in [3.8, 4) is 11.3 Å². The molecule has 1 aromatic carbocycles. The molecule has 2 rings (SSSR count). The average Bonchev–Trinajstić information content (AvgIpc) is 2.83. The van der Waals surface area contributed by atoms with E-state index >= 15 is 0 Å². The van der Waals surface area contributed by atoms with Gasteiger partial charge in [0.25, 0.3) is 0 Å². The highest BCUT2D eigenvalue weighted by Gasteiger charge is 2.06. The molecule has 1 N–H and O–H groups in total. The van der Waals surface area contributed by atoms with Crippen LogP contribution >= 0.6 is 22.6 Å². The lowest BCUT2D eigenvalue weighted by Gasteiger charge is -2.05. The molecule has 0 aliphatic rings. The van der Waals surface area contributed by atoms with E-state index in [1.807, 2.05) is 18.3 Å². The van der Waals surface area contributed by atoms with Gasteiger partial charge < -0.3 is 9.73 Å². The number of nitrogens with one attached hydrogen (secondary N) is 1. The van der Waals surface area contributed by atoms with Crippen LogP contribution in [-0.4, -0.2) is 17.6 Å². The highest BCUT2D eigenvalue weighted by Crippen LogP contribution is 2.22. The van der Waals surface area contributed by atoms with Crippen molar-refractivity contribution in [1.29, 1.82) is 0 Å². The highest BCUT2D eigenvalue weighted by atomic mass is 127. The number of hydrogen-bond acceptors (Lipinski definition) is 3. The quantitative estimate of drug-likeness (QED) is 0.620. The Bertz CT molecular complexity index is 522. The second-order valence-corrected chi connectivity index (χ2v) is 6.09. The van der Waals surface area contributed by atoms with Gasteiger partial charge in [0.05, 0.1) is 6.20 Å². The standard InChI is InChI=1S/C15H19IN2O/c1-11(2)17-8-4-7-15-18-10-14(19-15)12-5-3-6-13(16)9-12/h3,5-6,9-11,17H,4,7-8H2,1-2H3. The molecule has 0 atom stereocenters. The van der Waals surface area contributed by atoms with E-state index in [9.17, 15) is 0 Å². The summed E-state index contributed by atoms with van der Waals surface area (Å²) in [5.74, 6) is 1.67. The van der Waals surface area contributed by atoms with Crippen molar-refractivity contribution < 1.29 is 4.42 Å². The van der Waals surface area contributed by atoms with Gasteiger partial charge in [0, 0.05) is 21.6 Å². The minimum Gasteiger partial charge on any atom is -0.441 e. The van der Waals surface area contributed by atoms with Crippen LogP contribution < -0.4 is 5.32 Å². The second kappa shape index (κ2) is 7.05. The third-order valence-electron chi connectivity index (χ3n) is 2.78. The average molecular weight is 370 g/mol. The Morgan fingerprint density at radius 2 is 2.21 bits per heavy atom. The topological polar surface area (TPSA) is 38.1 Å². The fourth-order valence-electron chi connectivity index (χ4n) is 1.83. The molecule has 1 aromatic heterocycles. The van der Waals surface area contributed by atoms with Crippen LogP contribution in [0.3, 0.4) is 0 Å². The monoisotopic (exact) mass is 370 g/mol. The van der Waals surface area contributed by atoms with E-state index in [-0.39, 0.29) is 0 Å². The zero-order valence-electron chi connectivity index (χ0n) is 11.3. The third-order valence-corrected chi connectivity index (χ3v) is 3.45. The van der Waals surface area contributed by atoms with E-state index in [0.717, 1.165) is 36.6 Å². The van der Waals surface area contributed by atoms with Gasteiger partial charge >= 0.3 is 0 Å². The summed E-state index contributed by atoms with van der Waals surface area (Å²) in [6, 6.07) is 8.79. The number of benzene rings is 1. The van der Waals surface area contributed by atoms with Crippen LogP contribution in [0.5, 0.6) is 0 Å². The Balaban J connectivity index is 1.92. The molecular weight excluding hydrogens is 351 g/mol. The van der Waals surface area contributed by atoms with Crippen molar-refractivity contribution in [2.45, 2.75) is 32.7 Å². The molecule has 19 heavy (non-hydrogen) atoms. The summed E-state index contributed by atoms with van der Waals surface area (Å²) in [6.45, 7) is 5.30. The SMILES string of the molecule is CC(C)NCCCc1ncc(-c2cccc(I)c2)o1. The predicted molar refractivity (Wildman–Crippen MR) is 86.1 cm³/mol. The highest BCUT2D eigenvalue weighted by molar-refractivity contribution is 14.1. The Hall–Kier alpha value is -0.880. The van der Waals surface area contributed by atoms with E-state index < -0.39 is 0 Å². The van der Waals surface area contributed by atoms with E-state index in [4.69, 9.17) is 4.42 Å². The van der Waals surface area contributed by atoms with E-state index in [0.29, 0.717) is 6.04 Å². The van der Waals surface area contributed by atoms with E-state index in [1.54, 1.807) is 0 Å². The van der Waals surface area contributed by atoms with Crippen LogP contribution in [0.4, 0.5) is 0 Å². The first-order chi connectivity index (χ1) is 9.15. The number of halogens is 1. The second-order valence-electron chi connectivity index (χ2n) is 4.84. The molecule has 0 aliphatic heterocycles. The summed E-state index contributed by atoms with van der Waals surface area (Å²) >= 11 is 2.30. The molecule has 1 heterocycles. The molecular formula is C15H19IN2O. The molecule has 3 nitrogen and oxygen atoms in total.